The lowest BCUT2D eigenvalue weighted by atomic mass is 10.2. The van der Waals surface area contributed by atoms with Crippen molar-refractivity contribution in [3.63, 3.8) is 0 Å². The fraction of sp³-hybridized carbons (Fsp3) is 0.176. The van der Waals surface area contributed by atoms with Crippen LogP contribution < -0.4 is 9.47 Å². The Labute approximate surface area is 149 Å². The second-order valence-corrected chi connectivity index (χ2v) is 6.30. The minimum absolute atomic E-state index is 0.659. The SMILES string of the molecule is COc1cc(OC)cc(-c2nc(SCc3ccccc3Cl)n[nH]2)c1. The van der Waals surface area contributed by atoms with Gasteiger partial charge in [0, 0.05) is 22.4 Å². The first-order valence-electron chi connectivity index (χ1n) is 7.21. The van der Waals surface area contributed by atoms with Gasteiger partial charge in [0.2, 0.25) is 5.16 Å². The van der Waals surface area contributed by atoms with E-state index in [1.165, 1.54) is 11.8 Å². The molecule has 1 aromatic heterocycles. The summed E-state index contributed by atoms with van der Waals surface area (Å²) in [6.07, 6.45) is 0. The molecule has 5 nitrogen and oxygen atoms in total. The van der Waals surface area contributed by atoms with E-state index >= 15 is 0 Å². The smallest absolute Gasteiger partial charge is 0.209 e. The fourth-order valence-corrected chi connectivity index (χ4v) is 3.23. The zero-order valence-corrected chi connectivity index (χ0v) is 14.8. The Morgan fingerprint density at radius 3 is 2.46 bits per heavy atom. The summed E-state index contributed by atoms with van der Waals surface area (Å²) in [6.45, 7) is 0. The lowest BCUT2D eigenvalue weighted by molar-refractivity contribution is 0.394. The minimum Gasteiger partial charge on any atom is -0.497 e. The number of methoxy groups -OCH3 is 2. The Balaban J connectivity index is 1.77. The molecule has 0 amide bonds. The van der Waals surface area contributed by atoms with Gasteiger partial charge in [-0.2, -0.15) is 0 Å². The molecule has 1 heterocycles. The van der Waals surface area contributed by atoms with Gasteiger partial charge in [-0.3, -0.25) is 5.10 Å². The molecule has 24 heavy (non-hydrogen) atoms. The van der Waals surface area contributed by atoms with Crippen molar-refractivity contribution < 1.29 is 9.47 Å². The second kappa shape index (κ2) is 7.59. The largest absolute Gasteiger partial charge is 0.497 e. The molecular formula is C17H16ClN3O2S. The van der Waals surface area contributed by atoms with Crippen molar-refractivity contribution in [3.05, 3.63) is 53.1 Å². The zero-order valence-electron chi connectivity index (χ0n) is 13.2. The van der Waals surface area contributed by atoms with Crippen LogP contribution in [0, 0.1) is 0 Å². The first-order valence-corrected chi connectivity index (χ1v) is 8.58. The van der Waals surface area contributed by atoms with Crippen LogP contribution in [-0.4, -0.2) is 29.4 Å². The number of hydrogen-bond donors (Lipinski definition) is 1. The molecule has 0 spiro atoms. The maximum absolute atomic E-state index is 6.17. The summed E-state index contributed by atoms with van der Waals surface area (Å²) in [5, 5.41) is 8.61. The summed E-state index contributed by atoms with van der Waals surface area (Å²) in [6, 6.07) is 13.3. The topological polar surface area (TPSA) is 60.0 Å². The number of hydrogen-bond acceptors (Lipinski definition) is 5. The van der Waals surface area contributed by atoms with Crippen molar-refractivity contribution in [2.45, 2.75) is 10.9 Å². The maximum Gasteiger partial charge on any atom is 0.209 e. The Kier molecular flexibility index (Phi) is 5.27. The van der Waals surface area contributed by atoms with Gasteiger partial charge in [-0.1, -0.05) is 41.6 Å². The predicted octanol–water partition coefficient (Wildman–Crippen LogP) is 4.43. The number of rotatable bonds is 6. The molecule has 3 rings (SSSR count). The van der Waals surface area contributed by atoms with Crippen LogP contribution in [0.15, 0.2) is 47.6 Å². The molecule has 2 aromatic carbocycles. The summed E-state index contributed by atoms with van der Waals surface area (Å²) in [5.41, 5.74) is 1.90. The molecule has 0 aliphatic carbocycles. The van der Waals surface area contributed by atoms with Crippen molar-refractivity contribution in [1.29, 1.82) is 0 Å². The molecule has 3 aromatic rings. The van der Waals surface area contributed by atoms with E-state index in [1.54, 1.807) is 14.2 Å². The van der Waals surface area contributed by atoms with Crippen LogP contribution in [-0.2, 0) is 5.75 Å². The average molecular weight is 362 g/mol. The average Bonchev–Trinajstić information content (AvgIpc) is 3.09. The molecule has 0 saturated carbocycles. The number of thioether (sulfide) groups is 1. The van der Waals surface area contributed by atoms with Crippen molar-refractivity contribution in [2.75, 3.05) is 14.2 Å². The lowest BCUT2D eigenvalue weighted by Crippen LogP contribution is -1.89. The molecule has 0 unspecified atom stereocenters. The number of aromatic amines is 1. The van der Waals surface area contributed by atoms with Crippen molar-refractivity contribution >= 4 is 23.4 Å². The molecule has 0 atom stereocenters. The summed E-state index contributed by atoms with van der Waals surface area (Å²) in [4.78, 5) is 4.52. The third-order valence-electron chi connectivity index (χ3n) is 3.40. The Morgan fingerprint density at radius 1 is 1.08 bits per heavy atom. The molecule has 0 radical (unpaired) electrons. The monoisotopic (exact) mass is 361 g/mol. The van der Waals surface area contributed by atoms with Gasteiger partial charge in [-0.15, -0.1) is 5.10 Å². The van der Waals surface area contributed by atoms with E-state index in [2.05, 4.69) is 15.2 Å². The van der Waals surface area contributed by atoms with Crippen LogP contribution in [0.25, 0.3) is 11.4 Å². The molecule has 1 N–H and O–H groups in total. The number of benzene rings is 2. The number of halogens is 1. The van der Waals surface area contributed by atoms with Crippen molar-refractivity contribution in [1.82, 2.24) is 15.2 Å². The van der Waals surface area contributed by atoms with Crippen molar-refractivity contribution in [2.24, 2.45) is 0 Å². The molecule has 0 fully saturated rings. The van der Waals surface area contributed by atoms with E-state index in [9.17, 15) is 0 Å². The Hall–Kier alpha value is -2.18. The van der Waals surface area contributed by atoms with E-state index in [-0.39, 0.29) is 0 Å². The molecule has 124 valence electrons. The number of ether oxygens (including phenoxy) is 2. The third kappa shape index (κ3) is 3.83. The Morgan fingerprint density at radius 2 is 1.79 bits per heavy atom. The van der Waals surface area contributed by atoms with Gasteiger partial charge in [-0.25, -0.2) is 4.98 Å². The zero-order chi connectivity index (χ0) is 16.9. The van der Waals surface area contributed by atoms with E-state index < -0.39 is 0 Å². The second-order valence-electron chi connectivity index (χ2n) is 4.95. The highest BCUT2D eigenvalue weighted by Crippen LogP contribution is 2.30. The molecule has 0 saturated heterocycles. The van der Waals surface area contributed by atoms with E-state index in [0.29, 0.717) is 28.2 Å². The van der Waals surface area contributed by atoms with Gasteiger partial charge in [0.1, 0.15) is 11.5 Å². The highest BCUT2D eigenvalue weighted by atomic mass is 35.5. The highest BCUT2D eigenvalue weighted by molar-refractivity contribution is 7.98. The van der Waals surface area contributed by atoms with E-state index in [4.69, 9.17) is 21.1 Å². The summed E-state index contributed by atoms with van der Waals surface area (Å²) in [5.74, 6) is 2.77. The van der Waals surface area contributed by atoms with Crippen LogP contribution in [0.5, 0.6) is 11.5 Å². The van der Waals surface area contributed by atoms with Gasteiger partial charge in [0.15, 0.2) is 5.82 Å². The maximum atomic E-state index is 6.17. The highest BCUT2D eigenvalue weighted by Gasteiger charge is 2.10. The molecule has 0 bridgehead atoms. The van der Waals surface area contributed by atoms with Crippen LogP contribution >= 0.6 is 23.4 Å². The van der Waals surface area contributed by atoms with Crippen molar-refractivity contribution in [3.8, 4) is 22.9 Å². The lowest BCUT2D eigenvalue weighted by Gasteiger charge is -2.06. The van der Waals surface area contributed by atoms with Crippen LogP contribution in [0.1, 0.15) is 5.56 Å². The van der Waals surface area contributed by atoms with Crippen LogP contribution in [0.3, 0.4) is 0 Å². The van der Waals surface area contributed by atoms with Crippen LogP contribution in [0.4, 0.5) is 0 Å². The van der Waals surface area contributed by atoms with Gasteiger partial charge >= 0.3 is 0 Å². The normalized spacial score (nSPS) is 10.6. The minimum atomic E-state index is 0.659. The van der Waals surface area contributed by atoms with E-state index in [0.717, 1.165) is 16.1 Å². The first-order chi connectivity index (χ1) is 11.7. The standard InChI is InChI=1S/C17H16ClN3O2S/c1-22-13-7-12(8-14(9-13)23-2)16-19-17(21-20-16)24-10-11-5-3-4-6-15(11)18/h3-9H,10H2,1-2H3,(H,19,20,21). The van der Waals surface area contributed by atoms with Gasteiger partial charge in [-0.05, 0) is 23.8 Å². The Bertz CT molecular complexity index is 816. The van der Waals surface area contributed by atoms with Gasteiger partial charge in [0.25, 0.3) is 0 Å². The number of aromatic nitrogens is 3. The predicted molar refractivity (Wildman–Crippen MR) is 95.9 cm³/mol. The summed E-state index contributed by atoms with van der Waals surface area (Å²) in [7, 11) is 3.23. The van der Waals surface area contributed by atoms with E-state index in [1.807, 2.05) is 42.5 Å². The number of H-pyrrole nitrogens is 1. The quantitative estimate of drug-likeness (QED) is 0.658. The van der Waals surface area contributed by atoms with Crippen LogP contribution in [0.2, 0.25) is 5.02 Å². The summed E-state index contributed by atoms with van der Waals surface area (Å²) >= 11 is 7.69. The molecule has 0 aliphatic rings. The first kappa shape index (κ1) is 16.7. The fourth-order valence-electron chi connectivity index (χ4n) is 2.14. The number of nitrogens with one attached hydrogen (secondary N) is 1. The van der Waals surface area contributed by atoms with Gasteiger partial charge in [0.05, 0.1) is 14.2 Å². The third-order valence-corrected chi connectivity index (χ3v) is 4.67. The number of nitrogens with zero attached hydrogens (tertiary/aromatic N) is 2. The molecule has 0 aliphatic heterocycles. The van der Waals surface area contributed by atoms with Gasteiger partial charge < -0.3 is 9.47 Å². The summed E-state index contributed by atoms with van der Waals surface area (Å²) < 4.78 is 10.6. The molecular weight excluding hydrogens is 346 g/mol. The molecule has 7 heteroatoms.